The number of likely N-dealkylation sites (N-methyl/N-ethyl adjacent to an activating group) is 1. The Morgan fingerprint density at radius 1 is 1.00 bits per heavy atom. The SMILES string of the molecule is CCc1nc2ccccc2n1CC(=O)Nc1ccc(C(=O)NCCN(CC)CC)cc1. The second kappa shape index (κ2) is 10.7. The molecule has 0 unspecified atom stereocenters. The number of para-hydroxylation sites is 2. The van der Waals surface area contributed by atoms with Gasteiger partial charge in [-0.05, 0) is 49.5 Å². The molecule has 164 valence electrons. The standard InChI is InChI=1S/C24H31N5O2/c1-4-22-27-20-9-7-8-10-21(20)29(22)17-23(30)26-19-13-11-18(12-14-19)24(31)25-15-16-28(5-2)6-3/h7-14H,4-6,15-17H2,1-3H3,(H,25,31)(H,26,30). The molecule has 0 saturated heterocycles. The van der Waals surface area contributed by atoms with E-state index in [1.807, 2.05) is 35.8 Å². The van der Waals surface area contributed by atoms with Crippen LogP contribution in [0.15, 0.2) is 48.5 Å². The summed E-state index contributed by atoms with van der Waals surface area (Å²) in [6.45, 7) is 9.81. The number of benzene rings is 2. The number of hydrogen-bond acceptors (Lipinski definition) is 4. The maximum absolute atomic E-state index is 12.6. The molecular weight excluding hydrogens is 390 g/mol. The van der Waals surface area contributed by atoms with Crippen molar-refractivity contribution in [1.82, 2.24) is 19.8 Å². The average Bonchev–Trinajstić information content (AvgIpc) is 3.14. The summed E-state index contributed by atoms with van der Waals surface area (Å²) < 4.78 is 1.95. The van der Waals surface area contributed by atoms with Gasteiger partial charge in [-0.1, -0.05) is 32.9 Å². The van der Waals surface area contributed by atoms with Crippen LogP contribution in [0.25, 0.3) is 11.0 Å². The van der Waals surface area contributed by atoms with Gasteiger partial charge >= 0.3 is 0 Å². The minimum atomic E-state index is -0.130. The van der Waals surface area contributed by atoms with Crippen LogP contribution in [0.1, 0.15) is 37.0 Å². The van der Waals surface area contributed by atoms with Crippen LogP contribution >= 0.6 is 0 Å². The van der Waals surface area contributed by atoms with E-state index in [1.54, 1.807) is 24.3 Å². The monoisotopic (exact) mass is 421 g/mol. The number of rotatable bonds is 10. The van der Waals surface area contributed by atoms with Crippen molar-refractivity contribution in [3.8, 4) is 0 Å². The van der Waals surface area contributed by atoms with Crippen LogP contribution in [0.4, 0.5) is 5.69 Å². The summed E-state index contributed by atoms with van der Waals surface area (Å²) in [7, 11) is 0. The fraction of sp³-hybridized carbons (Fsp3) is 0.375. The minimum absolute atomic E-state index is 0.109. The summed E-state index contributed by atoms with van der Waals surface area (Å²) >= 11 is 0. The van der Waals surface area contributed by atoms with Crippen molar-refractivity contribution in [3.63, 3.8) is 0 Å². The van der Waals surface area contributed by atoms with Gasteiger partial charge in [-0.3, -0.25) is 9.59 Å². The van der Waals surface area contributed by atoms with Crippen LogP contribution in [0, 0.1) is 0 Å². The van der Waals surface area contributed by atoms with Crippen molar-refractivity contribution < 1.29 is 9.59 Å². The summed E-state index contributed by atoms with van der Waals surface area (Å²) in [6, 6.07) is 14.8. The Balaban J connectivity index is 1.57. The van der Waals surface area contributed by atoms with Gasteiger partial charge in [0.1, 0.15) is 12.4 Å². The van der Waals surface area contributed by atoms with Crippen LogP contribution in [0.5, 0.6) is 0 Å². The fourth-order valence-electron chi connectivity index (χ4n) is 3.59. The maximum Gasteiger partial charge on any atom is 0.251 e. The van der Waals surface area contributed by atoms with E-state index in [0.29, 0.717) is 17.8 Å². The van der Waals surface area contributed by atoms with Crippen LogP contribution in [0.3, 0.4) is 0 Å². The van der Waals surface area contributed by atoms with E-state index in [4.69, 9.17) is 0 Å². The summed E-state index contributed by atoms with van der Waals surface area (Å²) in [5, 5.41) is 5.85. The topological polar surface area (TPSA) is 79.3 Å². The summed E-state index contributed by atoms with van der Waals surface area (Å²) in [5.74, 6) is 0.643. The Kier molecular flexibility index (Phi) is 7.78. The molecule has 0 saturated carbocycles. The predicted molar refractivity (Wildman–Crippen MR) is 124 cm³/mol. The number of aryl methyl sites for hydroxylation is 1. The Hall–Kier alpha value is -3.19. The minimum Gasteiger partial charge on any atom is -0.351 e. The molecule has 7 heteroatoms. The van der Waals surface area contributed by atoms with Gasteiger partial charge in [-0.2, -0.15) is 0 Å². The number of hydrogen-bond donors (Lipinski definition) is 2. The molecule has 0 aliphatic rings. The van der Waals surface area contributed by atoms with E-state index in [1.165, 1.54) is 0 Å². The molecule has 3 rings (SSSR count). The van der Waals surface area contributed by atoms with Crippen molar-refractivity contribution in [1.29, 1.82) is 0 Å². The van der Waals surface area contributed by atoms with Gasteiger partial charge in [0.05, 0.1) is 11.0 Å². The lowest BCUT2D eigenvalue weighted by Crippen LogP contribution is -2.34. The quantitative estimate of drug-likeness (QED) is 0.526. The second-order valence-electron chi connectivity index (χ2n) is 7.36. The molecule has 0 aliphatic carbocycles. The van der Waals surface area contributed by atoms with Crippen molar-refractivity contribution in [2.24, 2.45) is 0 Å². The Morgan fingerprint density at radius 3 is 2.39 bits per heavy atom. The van der Waals surface area contributed by atoms with Gasteiger partial charge in [0.15, 0.2) is 0 Å². The first-order valence-corrected chi connectivity index (χ1v) is 10.9. The Labute approximate surface area is 183 Å². The first-order valence-electron chi connectivity index (χ1n) is 10.9. The number of carbonyl (C=O) groups excluding carboxylic acids is 2. The fourth-order valence-corrected chi connectivity index (χ4v) is 3.59. The predicted octanol–water partition coefficient (Wildman–Crippen LogP) is 3.31. The van der Waals surface area contributed by atoms with Crippen molar-refractivity contribution in [2.45, 2.75) is 33.7 Å². The van der Waals surface area contributed by atoms with E-state index < -0.39 is 0 Å². The third-order valence-corrected chi connectivity index (χ3v) is 5.39. The van der Waals surface area contributed by atoms with E-state index in [-0.39, 0.29) is 18.4 Å². The number of fused-ring (bicyclic) bond motifs is 1. The third-order valence-electron chi connectivity index (χ3n) is 5.39. The zero-order chi connectivity index (χ0) is 22.2. The van der Waals surface area contributed by atoms with E-state index in [0.717, 1.165) is 42.9 Å². The summed E-state index contributed by atoms with van der Waals surface area (Å²) in [5.41, 5.74) is 3.08. The van der Waals surface area contributed by atoms with E-state index >= 15 is 0 Å². The van der Waals surface area contributed by atoms with Crippen LogP contribution < -0.4 is 10.6 Å². The van der Waals surface area contributed by atoms with Crippen LogP contribution in [-0.4, -0.2) is 52.4 Å². The molecule has 1 aromatic heterocycles. The molecule has 2 aromatic carbocycles. The Morgan fingerprint density at radius 2 is 1.71 bits per heavy atom. The maximum atomic E-state index is 12.6. The number of amides is 2. The molecule has 0 radical (unpaired) electrons. The largest absolute Gasteiger partial charge is 0.351 e. The highest BCUT2D eigenvalue weighted by atomic mass is 16.2. The first kappa shape index (κ1) is 22.5. The highest BCUT2D eigenvalue weighted by Crippen LogP contribution is 2.17. The van der Waals surface area contributed by atoms with Gasteiger partial charge in [0.2, 0.25) is 5.91 Å². The zero-order valence-electron chi connectivity index (χ0n) is 18.5. The molecule has 2 amide bonds. The highest BCUT2D eigenvalue weighted by molar-refractivity contribution is 5.96. The molecule has 0 fully saturated rings. The zero-order valence-corrected chi connectivity index (χ0v) is 18.5. The smallest absolute Gasteiger partial charge is 0.251 e. The molecule has 2 N–H and O–H groups in total. The van der Waals surface area contributed by atoms with Crippen LogP contribution in [0.2, 0.25) is 0 Å². The van der Waals surface area contributed by atoms with Gasteiger partial charge in [0.25, 0.3) is 5.91 Å². The van der Waals surface area contributed by atoms with Crippen LogP contribution in [-0.2, 0) is 17.8 Å². The lowest BCUT2D eigenvalue weighted by Gasteiger charge is -2.18. The molecule has 0 atom stereocenters. The molecule has 1 heterocycles. The lowest BCUT2D eigenvalue weighted by molar-refractivity contribution is -0.116. The number of anilines is 1. The molecular formula is C24H31N5O2. The number of imidazole rings is 1. The lowest BCUT2D eigenvalue weighted by atomic mass is 10.2. The molecule has 3 aromatic rings. The van der Waals surface area contributed by atoms with Gasteiger partial charge in [0, 0.05) is 30.8 Å². The number of aromatic nitrogens is 2. The Bertz CT molecular complexity index is 1020. The number of carbonyl (C=O) groups is 2. The molecule has 7 nitrogen and oxygen atoms in total. The first-order chi connectivity index (χ1) is 15.0. The molecule has 0 spiro atoms. The molecule has 31 heavy (non-hydrogen) atoms. The number of nitrogens with one attached hydrogen (secondary N) is 2. The van der Waals surface area contributed by atoms with Gasteiger partial charge in [-0.25, -0.2) is 4.98 Å². The van der Waals surface area contributed by atoms with Crippen molar-refractivity contribution >= 4 is 28.5 Å². The van der Waals surface area contributed by atoms with Gasteiger partial charge in [-0.15, -0.1) is 0 Å². The molecule has 0 aliphatic heterocycles. The van der Waals surface area contributed by atoms with Gasteiger partial charge < -0.3 is 20.1 Å². The van der Waals surface area contributed by atoms with E-state index in [9.17, 15) is 9.59 Å². The van der Waals surface area contributed by atoms with E-state index in [2.05, 4.69) is 34.4 Å². The highest BCUT2D eigenvalue weighted by Gasteiger charge is 2.13. The normalized spacial score (nSPS) is 11.1. The van der Waals surface area contributed by atoms with Crippen molar-refractivity contribution in [2.75, 3.05) is 31.5 Å². The second-order valence-corrected chi connectivity index (χ2v) is 7.36. The summed E-state index contributed by atoms with van der Waals surface area (Å²) in [6.07, 6.45) is 0.750. The average molecular weight is 422 g/mol. The van der Waals surface area contributed by atoms with Crippen molar-refractivity contribution in [3.05, 3.63) is 59.9 Å². The summed E-state index contributed by atoms with van der Waals surface area (Å²) in [4.78, 5) is 31.8. The number of nitrogens with zero attached hydrogens (tertiary/aromatic N) is 3. The molecule has 0 bridgehead atoms. The third kappa shape index (κ3) is 5.70.